The number of hydrogen-bond donors (Lipinski definition) is 2. The van der Waals surface area contributed by atoms with Gasteiger partial charge in [-0.15, -0.1) is 0 Å². The summed E-state index contributed by atoms with van der Waals surface area (Å²) in [5.74, 6) is 0.130. The van der Waals surface area contributed by atoms with Gasteiger partial charge in [0.15, 0.2) is 5.95 Å². The number of nitrogen functional groups attached to an aromatic ring is 1. The second-order valence-corrected chi connectivity index (χ2v) is 3.48. The van der Waals surface area contributed by atoms with E-state index in [9.17, 15) is 4.79 Å². The fourth-order valence-corrected chi connectivity index (χ4v) is 1.38. The molecule has 0 aliphatic rings. The molecule has 1 rings (SSSR count). The van der Waals surface area contributed by atoms with Crippen LogP contribution in [0.3, 0.4) is 0 Å². The Kier molecular flexibility index (Phi) is 4.78. The number of aryl methyl sites for hydroxylation is 1. The van der Waals surface area contributed by atoms with E-state index in [1.54, 1.807) is 19.3 Å². The predicted molar refractivity (Wildman–Crippen MR) is 60.5 cm³/mol. The zero-order valence-corrected chi connectivity index (χ0v) is 9.43. The number of anilines is 1. The zero-order valence-electron chi connectivity index (χ0n) is 9.43. The molecule has 0 fully saturated rings. The molecular weight excluding hydrogens is 208 g/mol. The van der Waals surface area contributed by atoms with Crippen molar-refractivity contribution in [1.29, 1.82) is 0 Å². The minimum Gasteiger partial charge on any atom is -0.465 e. The van der Waals surface area contributed by atoms with E-state index >= 15 is 0 Å². The molecule has 6 heteroatoms. The van der Waals surface area contributed by atoms with Crippen LogP contribution in [0.15, 0.2) is 12.4 Å². The monoisotopic (exact) mass is 226 g/mol. The van der Waals surface area contributed by atoms with Gasteiger partial charge in [-0.1, -0.05) is 0 Å². The molecule has 1 atom stereocenters. The summed E-state index contributed by atoms with van der Waals surface area (Å²) >= 11 is 0. The van der Waals surface area contributed by atoms with Crippen LogP contribution in [0.4, 0.5) is 5.95 Å². The van der Waals surface area contributed by atoms with Crippen LogP contribution in [0, 0.1) is 0 Å². The van der Waals surface area contributed by atoms with E-state index in [2.05, 4.69) is 4.98 Å². The number of carbonyl (C=O) groups excluding carboxylic acids is 1. The fourth-order valence-electron chi connectivity index (χ4n) is 1.38. The molecule has 1 heterocycles. The summed E-state index contributed by atoms with van der Waals surface area (Å²) in [5, 5.41) is 0. The van der Waals surface area contributed by atoms with Gasteiger partial charge in [0.1, 0.15) is 6.04 Å². The second-order valence-electron chi connectivity index (χ2n) is 3.48. The smallest absolute Gasteiger partial charge is 0.322 e. The maximum atomic E-state index is 11.2. The van der Waals surface area contributed by atoms with Crippen molar-refractivity contribution >= 4 is 11.9 Å². The van der Waals surface area contributed by atoms with Gasteiger partial charge in [-0.05, 0) is 19.8 Å². The minimum absolute atomic E-state index is 0.346. The molecule has 0 radical (unpaired) electrons. The van der Waals surface area contributed by atoms with Crippen LogP contribution in [0.2, 0.25) is 0 Å². The first-order valence-electron chi connectivity index (χ1n) is 5.34. The maximum Gasteiger partial charge on any atom is 0.322 e. The molecule has 1 unspecified atom stereocenters. The Morgan fingerprint density at radius 2 is 2.44 bits per heavy atom. The van der Waals surface area contributed by atoms with Gasteiger partial charge in [0.2, 0.25) is 0 Å². The lowest BCUT2D eigenvalue weighted by Gasteiger charge is -2.10. The Hall–Kier alpha value is -1.56. The van der Waals surface area contributed by atoms with Crippen LogP contribution < -0.4 is 11.5 Å². The summed E-state index contributed by atoms with van der Waals surface area (Å²) in [7, 11) is 0. The van der Waals surface area contributed by atoms with Crippen molar-refractivity contribution in [2.75, 3.05) is 12.3 Å². The standard InChI is InChI=1S/C10H18N4O2/c1-2-16-9(15)8(11)4-3-6-14-7-5-13-10(14)12/h5,7-8H,2-4,6,11H2,1H3,(H2,12,13). The van der Waals surface area contributed by atoms with Gasteiger partial charge < -0.3 is 20.8 Å². The molecule has 0 saturated carbocycles. The topological polar surface area (TPSA) is 96.2 Å². The second kappa shape index (κ2) is 6.12. The molecule has 0 aliphatic heterocycles. The lowest BCUT2D eigenvalue weighted by molar-refractivity contribution is -0.144. The number of aromatic nitrogens is 2. The van der Waals surface area contributed by atoms with Crippen LogP contribution in [-0.2, 0) is 16.1 Å². The maximum absolute atomic E-state index is 11.2. The van der Waals surface area contributed by atoms with Gasteiger partial charge in [0.25, 0.3) is 0 Å². The molecule has 1 aromatic rings. The number of nitrogens with two attached hydrogens (primary N) is 2. The van der Waals surface area contributed by atoms with Crippen molar-refractivity contribution in [3.05, 3.63) is 12.4 Å². The highest BCUT2D eigenvalue weighted by molar-refractivity contribution is 5.75. The summed E-state index contributed by atoms with van der Waals surface area (Å²) in [6.07, 6.45) is 4.78. The third-order valence-electron chi connectivity index (χ3n) is 2.25. The van der Waals surface area contributed by atoms with Crippen LogP contribution in [0.25, 0.3) is 0 Å². The molecule has 0 aromatic carbocycles. The highest BCUT2D eigenvalue weighted by Gasteiger charge is 2.13. The summed E-state index contributed by atoms with van der Waals surface area (Å²) in [5.41, 5.74) is 11.2. The molecule has 6 nitrogen and oxygen atoms in total. The molecule has 1 aromatic heterocycles. The molecule has 4 N–H and O–H groups in total. The average Bonchev–Trinajstić information content (AvgIpc) is 2.65. The number of esters is 1. The molecule has 0 bridgehead atoms. The Morgan fingerprint density at radius 3 is 3.00 bits per heavy atom. The van der Waals surface area contributed by atoms with E-state index in [4.69, 9.17) is 16.2 Å². The third kappa shape index (κ3) is 3.54. The van der Waals surface area contributed by atoms with Gasteiger partial charge in [-0.2, -0.15) is 0 Å². The van der Waals surface area contributed by atoms with Crippen molar-refractivity contribution in [1.82, 2.24) is 9.55 Å². The first-order valence-corrected chi connectivity index (χ1v) is 5.34. The normalized spacial score (nSPS) is 12.4. The number of carbonyl (C=O) groups is 1. The minimum atomic E-state index is -0.551. The zero-order chi connectivity index (χ0) is 12.0. The number of ether oxygens (including phenoxy) is 1. The predicted octanol–water partition coefficient (Wildman–Crippen LogP) is 0.136. The Morgan fingerprint density at radius 1 is 1.69 bits per heavy atom. The van der Waals surface area contributed by atoms with Crippen LogP contribution >= 0.6 is 0 Å². The fraction of sp³-hybridized carbons (Fsp3) is 0.600. The Bertz CT molecular complexity index is 337. The van der Waals surface area contributed by atoms with Crippen molar-refractivity contribution in [2.24, 2.45) is 5.73 Å². The van der Waals surface area contributed by atoms with E-state index in [0.29, 0.717) is 25.5 Å². The first kappa shape index (κ1) is 12.5. The lowest BCUT2D eigenvalue weighted by Crippen LogP contribution is -2.32. The van der Waals surface area contributed by atoms with E-state index in [1.165, 1.54) is 0 Å². The molecule has 90 valence electrons. The van der Waals surface area contributed by atoms with Gasteiger partial charge in [-0.3, -0.25) is 4.79 Å². The van der Waals surface area contributed by atoms with Crippen molar-refractivity contribution in [2.45, 2.75) is 32.4 Å². The molecule has 0 saturated heterocycles. The van der Waals surface area contributed by atoms with Crippen molar-refractivity contribution in [3.63, 3.8) is 0 Å². The first-order chi connectivity index (χ1) is 7.65. The Balaban J connectivity index is 2.25. The van der Waals surface area contributed by atoms with Gasteiger partial charge in [-0.25, -0.2) is 4.98 Å². The van der Waals surface area contributed by atoms with E-state index in [1.807, 2.05) is 4.57 Å². The molecular formula is C10H18N4O2. The average molecular weight is 226 g/mol. The molecule has 0 aliphatic carbocycles. The Labute approximate surface area is 94.6 Å². The molecule has 16 heavy (non-hydrogen) atoms. The van der Waals surface area contributed by atoms with Gasteiger partial charge >= 0.3 is 5.97 Å². The summed E-state index contributed by atoms with van der Waals surface area (Å²) < 4.78 is 6.62. The number of imidazole rings is 1. The van der Waals surface area contributed by atoms with Crippen molar-refractivity contribution in [3.8, 4) is 0 Å². The van der Waals surface area contributed by atoms with Crippen LogP contribution in [0.1, 0.15) is 19.8 Å². The van der Waals surface area contributed by atoms with Crippen LogP contribution in [0.5, 0.6) is 0 Å². The summed E-state index contributed by atoms with van der Waals surface area (Å²) in [6.45, 7) is 2.83. The molecule has 0 spiro atoms. The quantitative estimate of drug-likeness (QED) is 0.672. The van der Waals surface area contributed by atoms with Gasteiger partial charge in [0, 0.05) is 18.9 Å². The third-order valence-corrected chi connectivity index (χ3v) is 2.25. The number of rotatable bonds is 6. The van der Waals surface area contributed by atoms with E-state index < -0.39 is 6.04 Å². The summed E-state index contributed by atoms with van der Waals surface area (Å²) in [4.78, 5) is 15.1. The lowest BCUT2D eigenvalue weighted by atomic mass is 10.2. The van der Waals surface area contributed by atoms with Gasteiger partial charge in [0.05, 0.1) is 6.61 Å². The summed E-state index contributed by atoms with van der Waals surface area (Å²) in [6, 6.07) is -0.551. The highest BCUT2D eigenvalue weighted by atomic mass is 16.5. The van der Waals surface area contributed by atoms with Crippen molar-refractivity contribution < 1.29 is 9.53 Å². The van der Waals surface area contributed by atoms with Crippen LogP contribution in [-0.4, -0.2) is 28.2 Å². The molecule has 0 amide bonds. The SMILES string of the molecule is CCOC(=O)C(N)CCCn1ccnc1N. The highest BCUT2D eigenvalue weighted by Crippen LogP contribution is 2.04. The number of hydrogen-bond acceptors (Lipinski definition) is 5. The van der Waals surface area contributed by atoms with E-state index in [-0.39, 0.29) is 5.97 Å². The largest absolute Gasteiger partial charge is 0.465 e. The number of nitrogens with zero attached hydrogens (tertiary/aromatic N) is 2. The van der Waals surface area contributed by atoms with E-state index in [0.717, 1.165) is 6.42 Å².